The van der Waals surface area contributed by atoms with Crippen molar-refractivity contribution in [1.29, 1.82) is 0 Å². The molecule has 4 rings (SSSR count). The third-order valence-electron chi connectivity index (χ3n) is 5.62. The number of hydrogen-bond acceptors (Lipinski definition) is 2. The number of aromatic nitrogens is 1. The Kier molecular flexibility index (Phi) is 7.61. The molecule has 0 spiro atoms. The molecular weight excluding hydrogens is 435 g/mol. The van der Waals surface area contributed by atoms with Crippen LogP contribution in [0.2, 0.25) is 0 Å². The number of fused-ring (bicyclic) bond motifs is 1. The summed E-state index contributed by atoms with van der Waals surface area (Å²) >= 11 is 0. The number of halogens is 3. The van der Waals surface area contributed by atoms with Crippen LogP contribution in [-0.2, 0) is 24.0 Å². The lowest BCUT2D eigenvalue weighted by Crippen LogP contribution is -1.98. The molecule has 0 fully saturated rings. The highest BCUT2D eigenvalue weighted by atomic mass is 19.2. The molecule has 0 amide bonds. The normalized spacial score (nSPS) is 10.8. The standard InChI is InChI=1S/C29H24F3NO/c1-34-14-2-3-22-8-13-26(33-19-22)12-7-21-5-10-23(27(30)16-21)9-4-20-6-11-24-17-28(31)29(32)18-25(24)15-20/h5-6,8,10-11,13,15-19H,2-3,7,12,14H2,1H3. The number of hydrogen-bond donors (Lipinski definition) is 0. The van der Waals surface area contributed by atoms with Gasteiger partial charge in [-0.25, -0.2) is 13.2 Å². The van der Waals surface area contributed by atoms with Gasteiger partial charge in [-0.05, 0) is 90.0 Å². The number of nitrogens with zero attached hydrogens (tertiary/aromatic N) is 1. The van der Waals surface area contributed by atoms with Crippen LogP contribution < -0.4 is 0 Å². The molecule has 2 nitrogen and oxygen atoms in total. The van der Waals surface area contributed by atoms with Gasteiger partial charge in [0, 0.05) is 31.2 Å². The highest BCUT2D eigenvalue weighted by Gasteiger charge is 2.06. The summed E-state index contributed by atoms with van der Waals surface area (Å²) in [6, 6.07) is 16.4. The fourth-order valence-electron chi connectivity index (χ4n) is 3.72. The summed E-state index contributed by atoms with van der Waals surface area (Å²) in [4.78, 5) is 4.51. The van der Waals surface area contributed by atoms with E-state index in [0.717, 1.165) is 49.3 Å². The van der Waals surface area contributed by atoms with Gasteiger partial charge in [-0.15, -0.1) is 0 Å². The van der Waals surface area contributed by atoms with Crippen LogP contribution in [-0.4, -0.2) is 18.7 Å². The number of ether oxygens (including phenoxy) is 1. The lowest BCUT2D eigenvalue weighted by atomic mass is 10.0. The predicted octanol–water partition coefficient (Wildman–Crippen LogP) is 6.42. The van der Waals surface area contributed by atoms with Crippen LogP contribution in [0.15, 0.2) is 66.9 Å². The Balaban J connectivity index is 1.39. The van der Waals surface area contributed by atoms with E-state index in [9.17, 15) is 13.2 Å². The van der Waals surface area contributed by atoms with Crippen LogP contribution in [0.1, 0.15) is 34.4 Å². The summed E-state index contributed by atoms with van der Waals surface area (Å²) in [5, 5.41) is 1.12. The largest absolute Gasteiger partial charge is 0.385 e. The molecule has 0 atom stereocenters. The molecule has 172 valence electrons. The fraction of sp³-hybridized carbons (Fsp3) is 0.207. The number of rotatable bonds is 7. The Morgan fingerprint density at radius 3 is 2.26 bits per heavy atom. The first-order valence-corrected chi connectivity index (χ1v) is 11.1. The average Bonchev–Trinajstić information content (AvgIpc) is 2.84. The minimum atomic E-state index is -0.910. The summed E-state index contributed by atoms with van der Waals surface area (Å²) in [6.07, 6.45) is 5.18. The van der Waals surface area contributed by atoms with Crippen LogP contribution >= 0.6 is 0 Å². The quantitative estimate of drug-likeness (QED) is 0.235. The van der Waals surface area contributed by atoms with Gasteiger partial charge >= 0.3 is 0 Å². The van der Waals surface area contributed by atoms with E-state index in [1.54, 1.807) is 31.4 Å². The summed E-state index contributed by atoms with van der Waals surface area (Å²) in [5.74, 6) is 3.55. The first-order valence-electron chi connectivity index (χ1n) is 11.1. The van der Waals surface area contributed by atoms with Gasteiger partial charge in [0.25, 0.3) is 0 Å². The van der Waals surface area contributed by atoms with E-state index in [1.165, 1.54) is 11.6 Å². The molecule has 0 aliphatic rings. The predicted molar refractivity (Wildman–Crippen MR) is 128 cm³/mol. The number of methoxy groups -OCH3 is 1. The zero-order chi connectivity index (χ0) is 23.9. The Morgan fingerprint density at radius 1 is 0.735 bits per heavy atom. The molecular formula is C29H24F3NO. The second-order valence-electron chi connectivity index (χ2n) is 8.15. The first-order chi connectivity index (χ1) is 16.5. The Morgan fingerprint density at radius 2 is 1.53 bits per heavy atom. The van der Waals surface area contributed by atoms with Crippen LogP contribution in [0.3, 0.4) is 0 Å². The molecule has 0 unspecified atom stereocenters. The van der Waals surface area contributed by atoms with Crippen molar-refractivity contribution in [2.75, 3.05) is 13.7 Å². The van der Waals surface area contributed by atoms with Gasteiger partial charge in [0.2, 0.25) is 0 Å². The first kappa shape index (κ1) is 23.5. The van der Waals surface area contributed by atoms with Gasteiger partial charge in [-0.1, -0.05) is 30.0 Å². The summed E-state index contributed by atoms with van der Waals surface area (Å²) in [6.45, 7) is 0.733. The second-order valence-corrected chi connectivity index (χ2v) is 8.15. The maximum absolute atomic E-state index is 14.6. The Labute approximate surface area is 197 Å². The van der Waals surface area contributed by atoms with Crippen LogP contribution in [0.25, 0.3) is 10.8 Å². The highest BCUT2D eigenvalue weighted by molar-refractivity contribution is 5.84. The number of aryl methyl sites for hydroxylation is 3. The lowest BCUT2D eigenvalue weighted by molar-refractivity contribution is 0.195. The molecule has 0 bridgehead atoms. The van der Waals surface area contributed by atoms with E-state index in [0.29, 0.717) is 22.8 Å². The monoisotopic (exact) mass is 459 g/mol. The maximum atomic E-state index is 14.6. The Hall–Kier alpha value is -3.62. The van der Waals surface area contributed by atoms with Gasteiger partial charge in [-0.3, -0.25) is 4.98 Å². The van der Waals surface area contributed by atoms with Crippen LogP contribution in [0, 0.1) is 29.3 Å². The molecule has 1 heterocycles. The third-order valence-corrected chi connectivity index (χ3v) is 5.62. The molecule has 1 aromatic heterocycles. The van der Waals surface area contributed by atoms with Crippen molar-refractivity contribution in [1.82, 2.24) is 4.98 Å². The Bertz CT molecular complexity index is 1350. The summed E-state index contributed by atoms with van der Waals surface area (Å²) < 4.78 is 46.5. The van der Waals surface area contributed by atoms with E-state index in [2.05, 4.69) is 22.9 Å². The molecule has 0 aliphatic heterocycles. The van der Waals surface area contributed by atoms with Gasteiger partial charge < -0.3 is 4.74 Å². The van der Waals surface area contributed by atoms with Crippen LogP contribution in [0.4, 0.5) is 13.2 Å². The zero-order valence-corrected chi connectivity index (χ0v) is 18.9. The van der Waals surface area contributed by atoms with E-state index in [-0.39, 0.29) is 11.4 Å². The topological polar surface area (TPSA) is 22.1 Å². The molecule has 0 saturated heterocycles. The van der Waals surface area contributed by atoms with E-state index in [4.69, 9.17) is 4.74 Å². The van der Waals surface area contributed by atoms with Crippen molar-refractivity contribution < 1.29 is 17.9 Å². The highest BCUT2D eigenvalue weighted by Crippen LogP contribution is 2.20. The van der Waals surface area contributed by atoms with E-state index < -0.39 is 11.6 Å². The third kappa shape index (κ3) is 6.03. The van der Waals surface area contributed by atoms with E-state index in [1.807, 2.05) is 18.3 Å². The van der Waals surface area contributed by atoms with Gasteiger partial charge in [0.05, 0.1) is 5.56 Å². The molecule has 0 N–H and O–H groups in total. The lowest BCUT2D eigenvalue weighted by Gasteiger charge is -2.05. The molecule has 0 radical (unpaired) electrons. The summed E-state index contributed by atoms with van der Waals surface area (Å²) in [5.41, 5.74) is 3.90. The van der Waals surface area contributed by atoms with E-state index >= 15 is 0 Å². The van der Waals surface area contributed by atoms with Crippen molar-refractivity contribution in [2.45, 2.75) is 25.7 Å². The maximum Gasteiger partial charge on any atom is 0.159 e. The van der Waals surface area contributed by atoms with Gasteiger partial charge in [0.1, 0.15) is 5.82 Å². The summed E-state index contributed by atoms with van der Waals surface area (Å²) in [7, 11) is 1.70. The van der Waals surface area contributed by atoms with Crippen molar-refractivity contribution in [3.8, 4) is 11.8 Å². The van der Waals surface area contributed by atoms with Crippen molar-refractivity contribution in [3.63, 3.8) is 0 Å². The minimum absolute atomic E-state index is 0.285. The van der Waals surface area contributed by atoms with Crippen molar-refractivity contribution >= 4 is 10.8 Å². The number of pyridine rings is 1. The fourth-order valence-corrected chi connectivity index (χ4v) is 3.72. The molecule has 0 aliphatic carbocycles. The SMILES string of the molecule is COCCCc1ccc(CCc2ccc(C#Cc3ccc4cc(F)c(F)cc4c3)c(F)c2)nc1. The van der Waals surface area contributed by atoms with Crippen LogP contribution in [0.5, 0.6) is 0 Å². The molecule has 4 aromatic rings. The van der Waals surface area contributed by atoms with Gasteiger partial charge in [-0.2, -0.15) is 0 Å². The molecule has 34 heavy (non-hydrogen) atoms. The molecule has 3 aromatic carbocycles. The number of benzene rings is 3. The van der Waals surface area contributed by atoms with Crippen molar-refractivity contribution in [2.24, 2.45) is 0 Å². The average molecular weight is 460 g/mol. The smallest absolute Gasteiger partial charge is 0.159 e. The molecule has 5 heteroatoms. The second kappa shape index (κ2) is 11.0. The zero-order valence-electron chi connectivity index (χ0n) is 18.9. The minimum Gasteiger partial charge on any atom is -0.385 e. The van der Waals surface area contributed by atoms with Gasteiger partial charge in [0.15, 0.2) is 11.6 Å². The molecule has 0 saturated carbocycles. The van der Waals surface area contributed by atoms with Crippen molar-refractivity contribution in [3.05, 3.63) is 112 Å².